The van der Waals surface area contributed by atoms with E-state index in [4.69, 9.17) is 4.74 Å². The topological polar surface area (TPSA) is 35.0 Å². The Kier molecular flexibility index (Phi) is 2.52. The van der Waals surface area contributed by atoms with Gasteiger partial charge in [0.1, 0.15) is 0 Å². The number of aryl methyl sites for hydroxylation is 3. The van der Waals surface area contributed by atoms with E-state index in [1.54, 1.807) is 6.20 Å². The van der Waals surface area contributed by atoms with E-state index in [1.807, 2.05) is 12.3 Å². The molecule has 0 fully saturated rings. The van der Waals surface area contributed by atoms with Crippen molar-refractivity contribution in [2.75, 3.05) is 0 Å². The summed E-state index contributed by atoms with van der Waals surface area (Å²) in [6, 6.07) is 6.20. The van der Waals surface area contributed by atoms with E-state index in [9.17, 15) is 0 Å². The van der Waals surface area contributed by atoms with Gasteiger partial charge in [-0.05, 0) is 37.0 Å². The fourth-order valence-corrected chi connectivity index (χ4v) is 2.08. The van der Waals surface area contributed by atoms with Gasteiger partial charge >= 0.3 is 0 Å². The Morgan fingerprint density at radius 3 is 2.88 bits per heavy atom. The summed E-state index contributed by atoms with van der Waals surface area (Å²) < 4.78 is 5.78. The summed E-state index contributed by atoms with van der Waals surface area (Å²) >= 11 is 0. The molecule has 86 valence electrons. The average molecular weight is 226 g/mol. The third-order valence-corrected chi connectivity index (χ3v) is 3.10. The summed E-state index contributed by atoms with van der Waals surface area (Å²) in [6.45, 7) is 2.14. The van der Waals surface area contributed by atoms with Gasteiger partial charge in [-0.25, -0.2) is 9.97 Å². The minimum Gasteiger partial charge on any atom is -0.420 e. The third-order valence-electron chi connectivity index (χ3n) is 3.10. The van der Waals surface area contributed by atoms with Crippen LogP contribution in [0.3, 0.4) is 0 Å². The van der Waals surface area contributed by atoms with E-state index in [0.29, 0.717) is 11.8 Å². The second-order valence-electron chi connectivity index (χ2n) is 4.23. The van der Waals surface area contributed by atoms with Crippen molar-refractivity contribution >= 4 is 0 Å². The molecular formula is C14H14N2O. The molecule has 0 N–H and O–H groups in total. The Hall–Kier alpha value is -1.90. The standard InChI is InChI=1S/C14H14N2O/c1-2-10-8-12-6-5-11-4-3-7-15-13(11)17-14(12)16-9-10/h3-4,7-9H,2,5-6H2,1H3. The molecule has 0 saturated carbocycles. The maximum Gasteiger partial charge on any atom is 0.224 e. The summed E-state index contributed by atoms with van der Waals surface area (Å²) in [5.41, 5.74) is 3.59. The van der Waals surface area contributed by atoms with Crippen LogP contribution >= 0.6 is 0 Å². The number of aromatic nitrogens is 2. The van der Waals surface area contributed by atoms with Gasteiger partial charge in [0.25, 0.3) is 0 Å². The zero-order valence-electron chi connectivity index (χ0n) is 9.81. The third kappa shape index (κ3) is 1.88. The first-order valence-corrected chi connectivity index (χ1v) is 5.96. The van der Waals surface area contributed by atoms with E-state index in [1.165, 1.54) is 11.1 Å². The Bertz CT molecular complexity index is 552. The smallest absolute Gasteiger partial charge is 0.224 e. The molecule has 3 heteroatoms. The van der Waals surface area contributed by atoms with E-state index in [2.05, 4.69) is 29.0 Å². The van der Waals surface area contributed by atoms with Gasteiger partial charge in [0.15, 0.2) is 0 Å². The monoisotopic (exact) mass is 226 g/mol. The van der Waals surface area contributed by atoms with Crippen molar-refractivity contribution in [2.45, 2.75) is 26.2 Å². The highest BCUT2D eigenvalue weighted by Gasteiger charge is 2.16. The molecule has 3 nitrogen and oxygen atoms in total. The number of rotatable bonds is 1. The van der Waals surface area contributed by atoms with Crippen LogP contribution < -0.4 is 4.74 Å². The fraction of sp³-hybridized carbons (Fsp3) is 0.286. The lowest BCUT2D eigenvalue weighted by Crippen LogP contribution is -1.95. The number of fused-ring (bicyclic) bond motifs is 2. The molecule has 0 amide bonds. The highest BCUT2D eigenvalue weighted by atomic mass is 16.5. The van der Waals surface area contributed by atoms with Crippen molar-refractivity contribution in [1.82, 2.24) is 9.97 Å². The van der Waals surface area contributed by atoms with Gasteiger partial charge in [-0.15, -0.1) is 0 Å². The Balaban J connectivity index is 2.03. The van der Waals surface area contributed by atoms with E-state index < -0.39 is 0 Å². The number of ether oxygens (including phenoxy) is 1. The van der Waals surface area contributed by atoms with Gasteiger partial charge in [0.2, 0.25) is 11.8 Å². The maximum absolute atomic E-state index is 5.78. The molecule has 2 aromatic heterocycles. The second-order valence-corrected chi connectivity index (χ2v) is 4.23. The van der Waals surface area contributed by atoms with E-state index >= 15 is 0 Å². The van der Waals surface area contributed by atoms with Crippen LogP contribution in [-0.2, 0) is 19.3 Å². The van der Waals surface area contributed by atoms with Crippen LogP contribution in [0.25, 0.3) is 0 Å². The number of nitrogens with zero attached hydrogens (tertiary/aromatic N) is 2. The lowest BCUT2D eigenvalue weighted by molar-refractivity contribution is 0.441. The summed E-state index contributed by atoms with van der Waals surface area (Å²) in [5, 5.41) is 0. The minimum absolute atomic E-state index is 0.697. The van der Waals surface area contributed by atoms with Gasteiger partial charge in [-0.2, -0.15) is 0 Å². The normalized spacial score (nSPS) is 13.2. The molecule has 0 aromatic carbocycles. The number of hydrogen-bond donors (Lipinski definition) is 0. The Morgan fingerprint density at radius 2 is 2.00 bits per heavy atom. The highest BCUT2D eigenvalue weighted by molar-refractivity contribution is 5.39. The molecule has 0 saturated heterocycles. The predicted octanol–water partition coefficient (Wildman–Crippen LogP) is 2.93. The maximum atomic E-state index is 5.78. The number of hydrogen-bond acceptors (Lipinski definition) is 3. The Labute approximate surface area is 100 Å². The first kappa shape index (κ1) is 10.3. The summed E-state index contributed by atoms with van der Waals surface area (Å²) in [4.78, 5) is 8.65. The fourth-order valence-electron chi connectivity index (χ4n) is 2.08. The quantitative estimate of drug-likeness (QED) is 0.750. The second kappa shape index (κ2) is 4.17. The van der Waals surface area contributed by atoms with Gasteiger partial charge < -0.3 is 4.74 Å². The molecular weight excluding hydrogens is 212 g/mol. The van der Waals surface area contributed by atoms with Crippen LogP contribution in [-0.4, -0.2) is 9.97 Å². The van der Waals surface area contributed by atoms with Gasteiger partial charge in [0, 0.05) is 23.5 Å². The molecule has 0 atom stereocenters. The molecule has 3 rings (SSSR count). The van der Waals surface area contributed by atoms with Crippen LogP contribution in [0.2, 0.25) is 0 Å². The van der Waals surface area contributed by atoms with Crippen molar-refractivity contribution in [3.8, 4) is 11.8 Å². The van der Waals surface area contributed by atoms with Gasteiger partial charge in [0.05, 0.1) is 0 Å². The first-order chi connectivity index (χ1) is 8.36. The van der Waals surface area contributed by atoms with Crippen LogP contribution in [0.1, 0.15) is 23.6 Å². The highest BCUT2D eigenvalue weighted by Crippen LogP contribution is 2.30. The van der Waals surface area contributed by atoms with Crippen molar-refractivity contribution in [2.24, 2.45) is 0 Å². The van der Waals surface area contributed by atoms with Crippen LogP contribution in [0.4, 0.5) is 0 Å². The van der Waals surface area contributed by atoms with Gasteiger partial charge in [-0.3, -0.25) is 0 Å². The lowest BCUT2D eigenvalue weighted by Gasteiger charge is -2.07. The summed E-state index contributed by atoms with van der Waals surface area (Å²) in [5.74, 6) is 1.41. The van der Waals surface area contributed by atoms with Gasteiger partial charge in [-0.1, -0.05) is 13.0 Å². The molecule has 2 aromatic rings. The first-order valence-electron chi connectivity index (χ1n) is 5.96. The molecule has 0 spiro atoms. The largest absolute Gasteiger partial charge is 0.420 e. The van der Waals surface area contributed by atoms with Crippen LogP contribution in [0.15, 0.2) is 30.6 Å². The lowest BCUT2D eigenvalue weighted by atomic mass is 10.1. The van der Waals surface area contributed by atoms with Crippen molar-refractivity contribution in [3.05, 3.63) is 47.3 Å². The molecule has 3 heterocycles. The molecule has 0 bridgehead atoms. The minimum atomic E-state index is 0.697. The van der Waals surface area contributed by atoms with Crippen molar-refractivity contribution in [3.63, 3.8) is 0 Å². The van der Waals surface area contributed by atoms with Crippen LogP contribution in [0, 0.1) is 0 Å². The van der Waals surface area contributed by atoms with Crippen molar-refractivity contribution in [1.29, 1.82) is 0 Å². The summed E-state index contributed by atoms with van der Waals surface area (Å²) in [7, 11) is 0. The molecule has 0 unspecified atom stereocenters. The zero-order valence-corrected chi connectivity index (χ0v) is 9.81. The molecule has 1 aliphatic heterocycles. The SMILES string of the molecule is CCc1cnc2c(c1)CCc1cccnc1O2. The Morgan fingerprint density at radius 1 is 1.18 bits per heavy atom. The molecule has 17 heavy (non-hydrogen) atoms. The van der Waals surface area contributed by atoms with E-state index in [-0.39, 0.29) is 0 Å². The van der Waals surface area contributed by atoms with Crippen LogP contribution in [0.5, 0.6) is 11.8 Å². The predicted molar refractivity (Wildman–Crippen MR) is 65.3 cm³/mol. The average Bonchev–Trinajstić information content (AvgIpc) is 2.57. The van der Waals surface area contributed by atoms with E-state index in [0.717, 1.165) is 24.8 Å². The van der Waals surface area contributed by atoms with Crippen molar-refractivity contribution < 1.29 is 4.74 Å². The molecule has 0 radical (unpaired) electrons. The molecule has 1 aliphatic rings. The summed E-state index contributed by atoms with van der Waals surface area (Å²) in [6.07, 6.45) is 6.57. The molecule has 0 aliphatic carbocycles. The zero-order chi connectivity index (χ0) is 11.7. The number of pyridine rings is 2.